The molecular formula is C15H16N2O. The highest BCUT2D eigenvalue weighted by atomic mass is 16.3. The monoisotopic (exact) mass is 240 g/mol. The predicted molar refractivity (Wildman–Crippen MR) is 71.9 cm³/mol. The number of hydrogen-bond acceptors (Lipinski definition) is 3. The average Bonchev–Trinajstić information content (AvgIpc) is 2.34. The second-order valence-electron chi connectivity index (χ2n) is 5.33. The van der Waals surface area contributed by atoms with E-state index in [0.717, 1.165) is 16.5 Å². The molecule has 1 heterocycles. The van der Waals surface area contributed by atoms with Gasteiger partial charge in [0.1, 0.15) is 12.4 Å². The number of hydrogen-bond donors (Lipinski definition) is 1. The lowest BCUT2D eigenvalue weighted by Gasteiger charge is -2.20. The smallest absolute Gasteiger partial charge is 0.119 e. The summed E-state index contributed by atoms with van der Waals surface area (Å²) in [6, 6.07) is 5.74. The molecular weight excluding hydrogens is 224 g/mol. The van der Waals surface area contributed by atoms with Crippen LogP contribution in [-0.4, -0.2) is 21.2 Å². The molecule has 0 spiro atoms. The molecule has 0 saturated carbocycles. The zero-order valence-electron chi connectivity index (χ0n) is 10.8. The molecule has 0 aliphatic rings. The predicted octanol–water partition coefficient (Wildman–Crippen LogP) is 2.39. The third kappa shape index (κ3) is 2.85. The van der Waals surface area contributed by atoms with Crippen LogP contribution in [0, 0.1) is 17.3 Å². The number of benzene rings is 1. The van der Waals surface area contributed by atoms with Crippen molar-refractivity contribution in [2.24, 2.45) is 5.41 Å². The van der Waals surface area contributed by atoms with E-state index in [1.54, 1.807) is 6.20 Å². The maximum absolute atomic E-state index is 9.86. The molecule has 0 aliphatic carbocycles. The van der Waals surface area contributed by atoms with Gasteiger partial charge in [-0.25, -0.2) is 9.97 Å². The first-order valence-electron chi connectivity index (χ1n) is 5.86. The van der Waals surface area contributed by atoms with Crippen LogP contribution in [0.3, 0.4) is 0 Å². The fourth-order valence-electron chi connectivity index (χ4n) is 1.43. The van der Waals surface area contributed by atoms with E-state index in [1.807, 2.05) is 39.0 Å². The van der Waals surface area contributed by atoms with Gasteiger partial charge in [-0.05, 0) is 23.6 Å². The molecule has 1 unspecified atom stereocenters. The Kier molecular flexibility index (Phi) is 3.31. The van der Waals surface area contributed by atoms with Gasteiger partial charge in [-0.1, -0.05) is 32.6 Å². The van der Waals surface area contributed by atoms with Gasteiger partial charge in [-0.2, -0.15) is 0 Å². The van der Waals surface area contributed by atoms with E-state index in [9.17, 15) is 5.11 Å². The van der Waals surface area contributed by atoms with Gasteiger partial charge in [0, 0.05) is 17.1 Å². The molecule has 0 amide bonds. The molecule has 18 heavy (non-hydrogen) atoms. The fraction of sp³-hybridized carbons (Fsp3) is 0.333. The lowest BCUT2D eigenvalue weighted by molar-refractivity contribution is 0.114. The van der Waals surface area contributed by atoms with E-state index < -0.39 is 6.10 Å². The van der Waals surface area contributed by atoms with Crippen LogP contribution < -0.4 is 0 Å². The zero-order chi connectivity index (χ0) is 13.2. The Morgan fingerprint density at radius 3 is 2.78 bits per heavy atom. The van der Waals surface area contributed by atoms with Crippen molar-refractivity contribution in [3.8, 4) is 11.8 Å². The molecule has 0 bridgehead atoms. The summed E-state index contributed by atoms with van der Waals surface area (Å²) in [6.07, 6.45) is 2.64. The number of aromatic nitrogens is 2. The summed E-state index contributed by atoms with van der Waals surface area (Å²) in [6.45, 7) is 5.88. The summed E-state index contributed by atoms with van der Waals surface area (Å²) in [7, 11) is 0. The van der Waals surface area contributed by atoms with Gasteiger partial charge in [0.05, 0.1) is 5.52 Å². The summed E-state index contributed by atoms with van der Waals surface area (Å²) >= 11 is 0. The van der Waals surface area contributed by atoms with Crippen molar-refractivity contribution in [3.05, 3.63) is 36.3 Å². The third-order valence-electron chi connectivity index (χ3n) is 2.68. The van der Waals surface area contributed by atoms with Crippen LogP contribution in [-0.2, 0) is 0 Å². The highest BCUT2D eigenvalue weighted by Gasteiger charge is 2.19. The molecule has 2 rings (SSSR count). The first-order chi connectivity index (χ1) is 8.47. The molecule has 92 valence electrons. The Morgan fingerprint density at radius 2 is 2.06 bits per heavy atom. The van der Waals surface area contributed by atoms with Crippen LogP contribution in [0.25, 0.3) is 10.9 Å². The van der Waals surface area contributed by atoms with Gasteiger partial charge < -0.3 is 5.11 Å². The number of fused-ring (bicyclic) bond motifs is 1. The Labute approximate surface area is 107 Å². The van der Waals surface area contributed by atoms with Crippen molar-refractivity contribution in [1.82, 2.24) is 9.97 Å². The van der Waals surface area contributed by atoms with Gasteiger partial charge >= 0.3 is 0 Å². The fourth-order valence-corrected chi connectivity index (χ4v) is 1.43. The van der Waals surface area contributed by atoms with Crippen molar-refractivity contribution in [1.29, 1.82) is 0 Å². The van der Waals surface area contributed by atoms with Gasteiger partial charge in [0.2, 0.25) is 0 Å². The number of aliphatic hydroxyl groups is 1. The van der Waals surface area contributed by atoms with Crippen LogP contribution in [0.2, 0.25) is 0 Å². The van der Waals surface area contributed by atoms with Gasteiger partial charge in [-0.15, -0.1) is 0 Å². The van der Waals surface area contributed by atoms with Crippen LogP contribution >= 0.6 is 0 Å². The van der Waals surface area contributed by atoms with Crippen LogP contribution in [0.4, 0.5) is 0 Å². The maximum atomic E-state index is 9.86. The van der Waals surface area contributed by atoms with Crippen molar-refractivity contribution in [2.75, 3.05) is 0 Å². The molecule has 0 radical (unpaired) electrons. The highest BCUT2D eigenvalue weighted by molar-refractivity contribution is 5.78. The van der Waals surface area contributed by atoms with Crippen molar-refractivity contribution in [3.63, 3.8) is 0 Å². The van der Waals surface area contributed by atoms with Gasteiger partial charge in [0.15, 0.2) is 0 Å². The standard InChI is InChI=1S/C15H16N2O/c1-15(2,3)14(18)7-5-11-4-6-13-12(8-11)9-16-10-17-13/h4,6,8-10,14,18H,1-3H3. The first kappa shape index (κ1) is 12.5. The molecule has 1 aromatic heterocycles. The Bertz CT molecular complexity index is 617. The molecule has 2 aromatic rings. The zero-order valence-corrected chi connectivity index (χ0v) is 10.8. The molecule has 3 nitrogen and oxygen atoms in total. The number of rotatable bonds is 0. The molecule has 3 heteroatoms. The number of nitrogens with zero attached hydrogens (tertiary/aromatic N) is 2. The SMILES string of the molecule is CC(C)(C)C(O)C#Cc1ccc2ncncc2c1. The molecule has 0 aliphatic heterocycles. The van der Waals surface area contributed by atoms with Crippen LogP contribution in [0.5, 0.6) is 0 Å². The minimum atomic E-state index is -0.639. The van der Waals surface area contributed by atoms with Gasteiger partial charge in [0.25, 0.3) is 0 Å². The van der Waals surface area contributed by atoms with E-state index in [-0.39, 0.29) is 5.41 Å². The van der Waals surface area contributed by atoms with E-state index >= 15 is 0 Å². The van der Waals surface area contributed by atoms with Crippen LogP contribution in [0.1, 0.15) is 26.3 Å². The second-order valence-corrected chi connectivity index (χ2v) is 5.33. The van der Waals surface area contributed by atoms with E-state index in [0.29, 0.717) is 0 Å². The Balaban J connectivity index is 2.30. The normalized spacial score (nSPS) is 12.9. The third-order valence-corrected chi connectivity index (χ3v) is 2.68. The van der Waals surface area contributed by atoms with E-state index in [1.165, 1.54) is 6.33 Å². The number of aliphatic hydroxyl groups excluding tert-OH is 1. The summed E-state index contributed by atoms with van der Waals surface area (Å²) in [4.78, 5) is 8.13. The minimum absolute atomic E-state index is 0.229. The molecule has 0 saturated heterocycles. The van der Waals surface area contributed by atoms with Crippen molar-refractivity contribution >= 4 is 10.9 Å². The molecule has 0 fully saturated rings. The Morgan fingerprint density at radius 1 is 1.28 bits per heavy atom. The summed E-state index contributed by atoms with van der Waals surface area (Å²) in [5, 5.41) is 10.8. The minimum Gasteiger partial charge on any atom is -0.380 e. The maximum Gasteiger partial charge on any atom is 0.119 e. The highest BCUT2D eigenvalue weighted by Crippen LogP contribution is 2.18. The first-order valence-corrected chi connectivity index (χ1v) is 5.86. The van der Waals surface area contributed by atoms with E-state index in [4.69, 9.17) is 0 Å². The summed E-state index contributed by atoms with van der Waals surface area (Å²) in [5.74, 6) is 5.86. The Hall–Kier alpha value is -1.92. The van der Waals surface area contributed by atoms with Crippen molar-refractivity contribution in [2.45, 2.75) is 26.9 Å². The lowest BCUT2D eigenvalue weighted by Crippen LogP contribution is -2.23. The topological polar surface area (TPSA) is 46.0 Å². The lowest BCUT2D eigenvalue weighted by atomic mass is 9.89. The summed E-state index contributed by atoms with van der Waals surface area (Å²) < 4.78 is 0. The molecule has 1 atom stereocenters. The second kappa shape index (κ2) is 4.75. The largest absolute Gasteiger partial charge is 0.380 e. The van der Waals surface area contributed by atoms with Crippen LogP contribution in [0.15, 0.2) is 30.7 Å². The summed E-state index contributed by atoms with van der Waals surface area (Å²) in [5.41, 5.74) is 1.53. The van der Waals surface area contributed by atoms with Crippen molar-refractivity contribution < 1.29 is 5.11 Å². The molecule has 1 N–H and O–H groups in total. The van der Waals surface area contributed by atoms with Gasteiger partial charge in [-0.3, -0.25) is 0 Å². The average molecular weight is 240 g/mol. The van der Waals surface area contributed by atoms with E-state index in [2.05, 4.69) is 21.8 Å². The molecule has 1 aromatic carbocycles. The quantitative estimate of drug-likeness (QED) is 0.719.